The summed E-state index contributed by atoms with van der Waals surface area (Å²) in [5.41, 5.74) is 0.944. The summed E-state index contributed by atoms with van der Waals surface area (Å²) in [5.74, 6) is 1.63. The molecule has 3 rings (SSSR count). The molecule has 1 fully saturated rings. The Kier molecular flexibility index (Phi) is 3.98. The van der Waals surface area contributed by atoms with Gasteiger partial charge in [-0.3, -0.25) is 4.90 Å². The molecule has 0 radical (unpaired) electrons. The maximum absolute atomic E-state index is 5.92. The van der Waals surface area contributed by atoms with Crippen molar-refractivity contribution in [2.45, 2.75) is 26.3 Å². The van der Waals surface area contributed by atoms with Gasteiger partial charge in [0.15, 0.2) is 5.82 Å². The number of rotatable bonds is 3. The number of benzene rings is 1. The minimum absolute atomic E-state index is 0.716. The molecule has 5 nitrogen and oxygen atoms in total. The summed E-state index contributed by atoms with van der Waals surface area (Å²) >= 11 is 5.92. The van der Waals surface area contributed by atoms with Crippen molar-refractivity contribution in [3.8, 4) is 5.69 Å². The molecule has 1 aromatic heterocycles. The van der Waals surface area contributed by atoms with Crippen LogP contribution in [0.4, 0.5) is 0 Å². The van der Waals surface area contributed by atoms with Crippen molar-refractivity contribution in [1.29, 1.82) is 0 Å². The predicted molar refractivity (Wildman–Crippen MR) is 77.8 cm³/mol. The lowest BCUT2D eigenvalue weighted by Gasteiger charge is -2.30. The van der Waals surface area contributed by atoms with Crippen LogP contribution in [0.15, 0.2) is 24.3 Å². The van der Waals surface area contributed by atoms with Crippen LogP contribution < -0.4 is 0 Å². The van der Waals surface area contributed by atoms with E-state index in [-0.39, 0.29) is 0 Å². The average Bonchev–Trinajstić information content (AvgIpc) is 2.88. The van der Waals surface area contributed by atoms with Gasteiger partial charge >= 0.3 is 0 Å². The molecule has 1 atom stereocenters. The van der Waals surface area contributed by atoms with Gasteiger partial charge in [-0.2, -0.15) is 4.68 Å². The van der Waals surface area contributed by atoms with E-state index in [1.54, 1.807) is 4.68 Å². The molecular formula is C14H18ClN5. The molecule has 1 unspecified atom stereocenters. The van der Waals surface area contributed by atoms with E-state index in [0.29, 0.717) is 5.02 Å². The second kappa shape index (κ2) is 5.89. The molecule has 0 saturated carbocycles. The van der Waals surface area contributed by atoms with Crippen LogP contribution in [0, 0.1) is 5.92 Å². The van der Waals surface area contributed by atoms with Crippen molar-refractivity contribution in [1.82, 2.24) is 25.1 Å². The third-order valence-electron chi connectivity index (χ3n) is 3.71. The zero-order valence-electron chi connectivity index (χ0n) is 11.5. The molecule has 1 aromatic carbocycles. The Labute approximate surface area is 123 Å². The third kappa shape index (κ3) is 2.99. The van der Waals surface area contributed by atoms with Crippen LogP contribution in [0.2, 0.25) is 5.02 Å². The molecule has 1 saturated heterocycles. The van der Waals surface area contributed by atoms with Gasteiger partial charge in [-0.15, -0.1) is 5.10 Å². The molecule has 0 aliphatic carbocycles. The van der Waals surface area contributed by atoms with Crippen molar-refractivity contribution >= 4 is 11.6 Å². The van der Waals surface area contributed by atoms with Gasteiger partial charge in [0, 0.05) is 11.6 Å². The lowest BCUT2D eigenvalue weighted by Crippen LogP contribution is -2.34. The summed E-state index contributed by atoms with van der Waals surface area (Å²) in [4.78, 5) is 2.42. The van der Waals surface area contributed by atoms with Crippen LogP contribution in [0.1, 0.15) is 25.6 Å². The Morgan fingerprint density at radius 3 is 2.85 bits per heavy atom. The predicted octanol–water partition coefficient (Wildman–Crippen LogP) is 2.55. The first-order valence-corrected chi connectivity index (χ1v) is 7.36. The van der Waals surface area contributed by atoms with Crippen molar-refractivity contribution in [2.24, 2.45) is 5.92 Å². The van der Waals surface area contributed by atoms with Crippen LogP contribution in [0.3, 0.4) is 0 Å². The molecular weight excluding hydrogens is 274 g/mol. The molecule has 0 spiro atoms. The fraction of sp³-hybridized carbons (Fsp3) is 0.500. The molecule has 2 aromatic rings. The number of piperidine rings is 1. The Morgan fingerprint density at radius 1 is 1.30 bits per heavy atom. The fourth-order valence-corrected chi connectivity index (χ4v) is 2.84. The van der Waals surface area contributed by atoms with E-state index >= 15 is 0 Å². The van der Waals surface area contributed by atoms with Crippen molar-refractivity contribution in [3.05, 3.63) is 35.1 Å². The molecule has 0 amide bonds. The molecule has 106 valence electrons. The maximum Gasteiger partial charge on any atom is 0.170 e. The highest BCUT2D eigenvalue weighted by atomic mass is 35.5. The summed E-state index contributed by atoms with van der Waals surface area (Å²) in [6, 6.07) is 7.57. The van der Waals surface area contributed by atoms with Crippen molar-refractivity contribution in [2.75, 3.05) is 13.1 Å². The van der Waals surface area contributed by atoms with Crippen molar-refractivity contribution < 1.29 is 0 Å². The summed E-state index contributed by atoms with van der Waals surface area (Å²) in [6.45, 7) is 5.33. The quantitative estimate of drug-likeness (QED) is 0.872. The van der Waals surface area contributed by atoms with Crippen LogP contribution in [0.5, 0.6) is 0 Å². The van der Waals surface area contributed by atoms with E-state index in [1.165, 1.54) is 12.8 Å². The van der Waals surface area contributed by atoms with Crippen molar-refractivity contribution in [3.63, 3.8) is 0 Å². The fourth-order valence-electron chi connectivity index (χ4n) is 2.72. The van der Waals surface area contributed by atoms with Crippen LogP contribution in [0.25, 0.3) is 5.69 Å². The second-order valence-corrected chi connectivity index (χ2v) is 5.90. The SMILES string of the molecule is CC1CCCN(Cc2nnnn2-c2ccc(Cl)cc2)C1. The summed E-state index contributed by atoms with van der Waals surface area (Å²) in [6.07, 6.45) is 2.57. The van der Waals surface area contributed by atoms with Crippen LogP contribution in [-0.2, 0) is 6.54 Å². The monoisotopic (exact) mass is 291 g/mol. The summed E-state index contributed by atoms with van der Waals surface area (Å²) < 4.78 is 1.79. The molecule has 6 heteroatoms. The number of halogens is 1. The topological polar surface area (TPSA) is 46.8 Å². The highest BCUT2D eigenvalue weighted by Gasteiger charge is 2.19. The maximum atomic E-state index is 5.92. The van der Waals surface area contributed by atoms with E-state index in [9.17, 15) is 0 Å². The lowest BCUT2D eigenvalue weighted by atomic mass is 10.0. The minimum atomic E-state index is 0.716. The average molecular weight is 292 g/mol. The Bertz CT molecular complexity index is 565. The van der Waals surface area contributed by atoms with E-state index in [2.05, 4.69) is 27.3 Å². The molecule has 20 heavy (non-hydrogen) atoms. The third-order valence-corrected chi connectivity index (χ3v) is 3.96. The number of aromatic nitrogens is 4. The first-order chi connectivity index (χ1) is 9.72. The van der Waals surface area contributed by atoms with E-state index in [0.717, 1.165) is 37.1 Å². The Morgan fingerprint density at radius 2 is 2.10 bits per heavy atom. The van der Waals surface area contributed by atoms with Gasteiger partial charge in [0.2, 0.25) is 0 Å². The Balaban J connectivity index is 1.78. The highest BCUT2D eigenvalue weighted by molar-refractivity contribution is 6.30. The summed E-state index contributed by atoms with van der Waals surface area (Å²) in [7, 11) is 0. The Hall–Kier alpha value is -1.46. The van der Waals surface area contributed by atoms with E-state index < -0.39 is 0 Å². The molecule has 0 N–H and O–H groups in total. The zero-order chi connectivity index (χ0) is 13.9. The van der Waals surface area contributed by atoms with Gasteiger partial charge in [-0.25, -0.2) is 0 Å². The standard InChI is InChI=1S/C14H18ClN5/c1-11-3-2-8-19(9-11)10-14-16-17-18-20(14)13-6-4-12(15)5-7-13/h4-7,11H,2-3,8-10H2,1H3. The largest absolute Gasteiger partial charge is 0.296 e. The van der Waals surface area contributed by atoms with E-state index in [4.69, 9.17) is 11.6 Å². The molecule has 0 bridgehead atoms. The first kappa shape index (κ1) is 13.5. The van der Waals surface area contributed by atoms with Gasteiger partial charge in [-0.05, 0) is 60.0 Å². The number of hydrogen-bond donors (Lipinski definition) is 0. The number of nitrogens with zero attached hydrogens (tertiary/aromatic N) is 5. The van der Waals surface area contributed by atoms with Gasteiger partial charge in [0.25, 0.3) is 0 Å². The van der Waals surface area contributed by atoms with Crippen LogP contribution in [-0.4, -0.2) is 38.2 Å². The molecule has 1 aliphatic rings. The minimum Gasteiger partial charge on any atom is -0.296 e. The highest BCUT2D eigenvalue weighted by Crippen LogP contribution is 2.18. The van der Waals surface area contributed by atoms with E-state index in [1.807, 2.05) is 24.3 Å². The lowest BCUT2D eigenvalue weighted by molar-refractivity contribution is 0.171. The van der Waals surface area contributed by atoms with Gasteiger partial charge < -0.3 is 0 Å². The molecule has 2 heterocycles. The first-order valence-electron chi connectivity index (χ1n) is 6.98. The van der Waals surface area contributed by atoms with Gasteiger partial charge in [0.05, 0.1) is 12.2 Å². The second-order valence-electron chi connectivity index (χ2n) is 5.47. The normalized spacial score (nSPS) is 20.2. The molecule has 1 aliphatic heterocycles. The number of hydrogen-bond acceptors (Lipinski definition) is 4. The smallest absolute Gasteiger partial charge is 0.170 e. The zero-order valence-corrected chi connectivity index (χ0v) is 12.3. The number of tetrazole rings is 1. The number of likely N-dealkylation sites (tertiary alicyclic amines) is 1. The van der Waals surface area contributed by atoms with Crippen LogP contribution >= 0.6 is 11.6 Å². The van der Waals surface area contributed by atoms with Gasteiger partial charge in [0.1, 0.15) is 0 Å². The summed E-state index contributed by atoms with van der Waals surface area (Å²) in [5, 5.41) is 12.8. The van der Waals surface area contributed by atoms with Gasteiger partial charge in [-0.1, -0.05) is 18.5 Å².